The number of hydrogen-bond donors (Lipinski definition) is 0. The van der Waals surface area contributed by atoms with Crippen LogP contribution in [0.4, 0.5) is 5.13 Å². The predicted octanol–water partition coefficient (Wildman–Crippen LogP) is 2.13. The maximum Gasteiger partial charge on any atom is 0.549 e. The summed E-state index contributed by atoms with van der Waals surface area (Å²) in [6, 6.07) is 0. The van der Waals surface area contributed by atoms with Crippen molar-refractivity contribution in [3.05, 3.63) is 4.98 Å². The quantitative estimate of drug-likeness (QED) is 0.508. The summed E-state index contributed by atoms with van der Waals surface area (Å²) in [7, 11) is 0. The summed E-state index contributed by atoms with van der Waals surface area (Å²) in [4.78, 5) is 2.91. The van der Waals surface area contributed by atoms with Crippen LogP contribution in [0, 0.1) is 5.39 Å². The Kier molecular flexibility index (Phi) is 2.59. The number of thioether (sulfide) groups is 1. The fourth-order valence-electron chi connectivity index (χ4n) is 0.425. The van der Waals surface area contributed by atoms with E-state index in [0.717, 1.165) is 10.1 Å². The predicted molar refractivity (Wildman–Crippen MR) is 41.1 cm³/mol. The molecule has 0 aliphatic carbocycles. The van der Waals surface area contributed by atoms with E-state index in [1.165, 1.54) is 11.3 Å². The Morgan fingerprint density at radius 1 is 1.70 bits per heavy atom. The number of aromatic nitrogens is 2. The third kappa shape index (κ3) is 1.65. The van der Waals surface area contributed by atoms with E-state index in [1.807, 2.05) is 6.92 Å². The van der Waals surface area contributed by atoms with Crippen molar-refractivity contribution >= 4 is 28.2 Å². The monoisotopic (exact) mass is 173 g/mol. The van der Waals surface area contributed by atoms with Crippen LogP contribution in [-0.2, 0) is 0 Å². The Morgan fingerprint density at radius 2 is 2.50 bits per heavy atom. The Labute approximate surface area is 66.3 Å². The van der Waals surface area contributed by atoms with Crippen molar-refractivity contribution in [2.24, 2.45) is 0 Å². The van der Waals surface area contributed by atoms with Crippen LogP contribution in [0.25, 0.3) is 4.98 Å². The van der Waals surface area contributed by atoms with Crippen molar-refractivity contribution in [2.75, 3.05) is 5.75 Å². The van der Waals surface area contributed by atoms with Gasteiger partial charge in [-0.2, -0.15) is 0 Å². The molecule has 0 atom stereocenters. The molecule has 0 aromatic carbocycles. The first kappa shape index (κ1) is 7.44. The third-order valence-corrected chi connectivity index (χ3v) is 2.57. The van der Waals surface area contributed by atoms with Gasteiger partial charge in [-0.15, -0.1) is 0 Å². The molecule has 0 aliphatic heterocycles. The Bertz CT molecular complexity index is 250. The van der Waals surface area contributed by atoms with Crippen LogP contribution >= 0.6 is 23.1 Å². The highest BCUT2D eigenvalue weighted by Crippen LogP contribution is 2.26. The topological polar surface area (TPSA) is 53.9 Å². The second-order valence-corrected chi connectivity index (χ2v) is 3.85. The lowest BCUT2D eigenvalue weighted by Gasteiger charge is -1.79. The molecule has 0 amide bonds. The molecule has 52 valence electrons. The number of nitrogens with zero attached hydrogens (tertiary/aromatic N) is 4. The minimum Gasteiger partial charge on any atom is -0.0915 e. The van der Waals surface area contributed by atoms with Crippen LogP contribution in [0.5, 0.6) is 0 Å². The SMILES string of the molecule is CCSc1nnc([N+]#N)s1. The highest BCUT2D eigenvalue weighted by molar-refractivity contribution is 8.01. The summed E-state index contributed by atoms with van der Waals surface area (Å²) in [5, 5.41) is 15.9. The number of hydrogen-bond acceptors (Lipinski definition) is 5. The summed E-state index contributed by atoms with van der Waals surface area (Å²) < 4.78 is 0.843. The van der Waals surface area contributed by atoms with E-state index in [-0.39, 0.29) is 0 Å². The van der Waals surface area contributed by atoms with Gasteiger partial charge in [0.05, 0.1) is 5.39 Å². The minimum atomic E-state index is 0.316. The Hall–Kier alpha value is -0.670. The van der Waals surface area contributed by atoms with Gasteiger partial charge in [-0.25, -0.2) is 0 Å². The summed E-state index contributed by atoms with van der Waals surface area (Å²) >= 11 is 2.87. The summed E-state index contributed by atoms with van der Waals surface area (Å²) in [5.74, 6) is 0.958. The third-order valence-electron chi connectivity index (χ3n) is 0.749. The van der Waals surface area contributed by atoms with Gasteiger partial charge in [-0.05, 0) is 10.9 Å². The van der Waals surface area contributed by atoms with E-state index >= 15 is 0 Å². The smallest absolute Gasteiger partial charge is 0.0915 e. The van der Waals surface area contributed by atoms with Crippen LogP contribution in [0.1, 0.15) is 6.92 Å². The maximum atomic E-state index is 8.24. The fourth-order valence-corrected chi connectivity index (χ4v) is 1.94. The molecule has 6 heteroatoms. The fraction of sp³-hybridized carbons (Fsp3) is 0.500. The first-order chi connectivity index (χ1) is 4.86. The van der Waals surface area contributed by atoms with Crippen LogP contribution < -0.4 is 0 Å². The highest BCUT2D eigenvalue weighted by atomic mass is 32.2. The first-order valence-electron chi connectivity index (χ1n) is 2.68. The van der Waals surface area contributed by atoms with E-state index in [2.05, 4.69) is 15.2 Å². The van der Waals surface area contributed by atoms with Gasteiger partial charge in [0, 0.05) is 16.3 Å². The standard InChI is InChI=1S/C4H5N4S2/c1-2-9-4-8-7-3(6-5)10-4/h2H2,1H3/q+1. The molecule has 0 saturated heterocycles. The van der Waals surface area contributed by atoms with Crippen molar-refractivity contribution in [3.63, 3.8) is 0 Å². The highest BCUT2D eigenvalue weighted by Gasteiger charge is 2.13. The second-order valence-electron chi connectivity index (χ2n) is 1.38. The lowest BCUT2D eigenvalue weighted by atomic mass is 11.0. The van der Waals surface area contributed by atoms with Gasteiger partial charge in [-0.1, -0.05) is 18.7 Å². The molecule has 0 N–H and O–H groups in total. The maximum absolute atomic E-state index is 8.24. The molecule has 10 heavy (non-hydrogen) atoms. The molecule has 1 rings (SSSR count). The largest absolute Gasteiger partial charge is 0.549 e. The molecule has 0 bridgehead atoms. The lowest BCUT2D eigenvalue weighted by Crippen LogP contribution is -1.69. The number of diazo groups is 1. The molecule has 0 saturated carbocycles. The van der Waals surface area contributed by atoms with Gasteiger partial charge < -0.3 is 0 Å². The second kappa shape index (κ2) is 3.49. The van der Waals surface area contributed by atoms with Gasteiger partial charge >= 0.3 is 5.13 Å². The van der Waals surface area contributed by atoms with Gasteiger partial charge in [0.1, 0.15) is 5.10 Å². The molecule has 0 spiro atoms. The molecule has 1 aromatic rings. The van der Waals surface area contributed by atoms with Gasteiger partial charge in [0.15, 0.2) is 0 Å². The van der Waals surface area contributed by atoms with Crippen LogP contribution in [0.2, 0.25) is 0 Å². The molecule has 0 fully saturated rings. The summed E-state index contributed by atoms with van der Waals surface area (Å²) in [6.45, 7) is 2.03. The summed E-state index contributed by atoms with van der Waals surface area (Å²) in [5.41, 5.74) is 0. The molecular formula is C4H5N4S2+. The Morgan fingerprint density at radius 3 is 3.00 bits per heavy atom. The lowest BCUT2D eigenvalue weighted by molar-refractivity contribution is 1.02. The average Bonchev–Trinajstić information content (AvgIpc) is 2.37. The molecular weight excluding hydrogens is 168 g/mol. The van der Waals surface area contributed by atoms with Crippen LogP contribution in [0.15, 0.2) is 4.34 Å². The van der Waals surface area contributed by atoms with Crippen LogP contribution in [-0.4, -0.2) is 16.0 Å². The average molecular weight is 173 g/mol. The number of rotatable bonds is 2. The molecule has 0 aliphatic rings. The zero-order valence-electron chi connectivity index (χ0n) is 5.31. The van der Waals surface area contributed by atoms with Crippen molar-refractivity contribution in [2.45, 2.75) is 11.3 Å². The normalized spacial score (nSPS) is 9.20. The van der Waals surface area contributed by atoms with E-state index in [0.29, 0.717) is 5.13 Å². The van der Waals surface area contributed by atoms with Gasteiger partial charge in [0.2, 0.25) is 4.34 Å². The molecule has 4 nitrogen and oxygen atoms in total. The van der Waals surface area contributed by atoms with Crippen molar-refractivity contribution in [1.29, 1.82) is 5.39 Å². The summed E-state index contributed by atoms with van der Waals surface area (Å²) in [6.07, 6.45) is 0. The van der Waals surface area contributed by atoms with Crippen molar-refractivity contribution in [3.8, 4) is 0 Å². The zero-order valence-corrected chi connectivity index (χ0v) is 6.95. The van der Waals surface area contributed by atoms with Crippen LogP contribution in [0.3, 0.4) is 0 Å². The molecule has 1 heterocycles. The zero-order chi connectivity index (χ0) is 7.40. The molecule has 1 aromatic heterocycles. The van der Waals surface area contributed by atoms with Gasteiger partial charge in [0.25, 0.3) is 0 Å². The van der Waals surface area contributed by atoms with E-state index in [9.17, 15) is 0 Å². The van der Waals surface area contributed by atoms with Gasteiger partial charge in [-0.3, -0.25) is 0 Å². The molecule has 0 unspecified atom stereocenters. The minimum absolute atomic E-state index is 0.316. The molecule has 0 radical (unpaired) electrons. The van der Waals surface area contributed by atoms with Crippen molar-refractivity contribution in [1.82, 2.24) is 10.2 Å². The Balaban J connectivity index is 2.71. The van der Waals surface area contributed by atoms with E-state index in [1.54, 1.807) is 11.8 Å². The van der Waals surface area contributed by atoms with E-state index in [4.69, 9.17) is 5.39 Å². The van der Waals surface area contributed by atoms with Crippen molar-refractivity contribution < 1.29 is 0 Å². The first-order valence-corrected chi connectivity index (χ1v) is 4.48. The van der Waals surface area contributed by atoms with E-state index < -0.39 is 0 Å².